The normalized spacial score (nSPS) is 10.4. The lowest BCUT2D eigenvalue weighted by Gasteiger charge is -2.10. The number of aromatic nitrogens is 3. The summed E-state index contributed by atoms with van der Waals surface area (Å²) in [5, 5.41) is 10.4. The molecule has 0 aliphatic rings. The van der Waals surface area contributed by atoms with Gasteiger partial charge in [0, 0.05) is 41.1 Å². The maximum absolute atomic E-state index is 12.4. The van der Waals surface area contributed by atoms with Crippen LogP contribution in [0.3, 0.4) is 0 Å². The van der Waals surface area contributed by atoms with Gasteiger partial charge in [-0.3, -0.25) is 14.6 Å². The van der Waals surface area contributed by atoms with Gasteiger partial charge in [0.2, 0.25) is 5.91 Å². The zero-order chi connectivity index (χ0) is 20.8. The predicted molar refractivity (Wildman–Crippen MR) is 117 cm³/mol. The van der Waals surface area contributed by atoms with E-state index in [0.29, 0.717) is 11.4 Å². The largest absolute Gasteiger partial charge is 0.356 e. The smallest absolute Gasteiger partial charge is 0.267 e. The first kappa shape index (κ1) is 19.1. The maximum atomic E-state index is 12.4. The van der Waals surface area contributed by atoms with E-state index in [4.69, 9.17) is 0 Å². The Hall–Kier alpha value is -4.26. The second-order valence-corrected chi connectivity index (χ2v) is 6.57. The predicted octanol–water partition coefficient (Wildman–Crippen LogP) is 3.69. The first-order chi connectivity index (χ1) is 14.7. The van der Waals surface area contributed by atoms with Gasteiger partial charge in [0.25, 0.3) is 5.56 Å². The zero-order valence-electron chi connectivity index (χ0n) is 16.0. The Balaban J connectivity index is 1.42. The fourth-order valence-corrected chi connectivity index (χ4v) is 2.90. The van der Waals surface area contributed by atoms with Gasteiger partial charge in [-0.15, -0.1) is 0 Å². The van der Waals surface area contributed by atoms with Crippen LogP contribution in [0.15, 0.2) is 96.1 Å². The van der Waals surface area contributed by atoms with Crippen LogP contribution in [0.2, 0.25) is 0 Å². The van der Waals surface area contributed by atoms with Gasteiger partial charge >= 0.3 is 0 Å². The summed E-state index contributed by atoms with van der Waals surface area (Å²) in [4.78, 5) is 28.5. The number of carbonyl (C=O) groups is 1. The van der Waals surface area contributed by atoms with Crippen molar-refractivity contribution in [2.75, 3.05) is 10.6 Å². The molecular weight excluding hydrogens is 378 g/mol. The Morgan fingerprint density at radius 3 is 2.20 bits per heavy atom. The molecule has 1 amide bonds. The first-order valence-corrected chi connectivity index (χ1v) is 9.38. The highest BCUT2D eigenvalue weighted by molar-refractivity contribution is 5.90. The Kier molecular flexibility index (Phi) is 5.61. The third-order valence-electron chi connectivity index (χ3n) is 4.37. The van der Waals surface area contributed by atoms with E-state index in [1.54, 1.807) is 42.7 Å². The number of nitrogens with one attached hydrogen (secondary N) is 2. The Bertz CT molecular complexity index is 1190. The molecule has 2 heterocycles. The first-order valence-electron chi connectivity index (χ1n) is 9.38. The van der Waals surface area contributed by atoms with E-state index in [1.807, 2.05) is 42.5 Å². The minimum absolute atomic E-state index is 0.179. The van der Waals surface area contributed by atoms with Crippen LogP contribution >= 0.6 is 0 Å². The molecule has 7 nitrogen and oxygen atoms in total. The topological polar surface area (TPSA) is 88.9 Å². The van der Waals surface area contributed by atoms with Crippen LogP contribution in [-0.4, -0.2) is 20.7 Å². The quantitative estimate of drug-likeness (QED) is 0.518. The molecule has 4 aromatic rings. The van der Waals surface area contributed by atoms with Crippen molar-refractivity contribution in [1.29, 1.82) is 0 Å². The van der Waals surface area contributed by atoms with E-state index >= 15 is 0 Å². The molecule has 2 aromatic carbocycles. The molecule has 2 aromatic heterocycles. The summed E-state index contributed by atoms with van der Waals surface area (Å²) >= 11 is 0. The second kappa shape index (κ2) is 8.83. The lowest BCUT2D eigenvalue weighted by Crippen LogP contribution is -2.29. The van der Waals surface area contributed by atoms with Crippen molar-refractivity contribution in [3.05, 3.63) is 102 Å². The lowest BCUT2D eigenvalue weighted by atomic mass is 10.2. The van der Waals surface area contributed by atoms with Crippen LogP contribution in [0.1, 0.15) is 0 Å². The van der Waals surface area contributed by atoms with Crippen molar-refractivity contribution in [1.82, 2.24) is 14.8 Å². The Morgan fingerprint density at radius 2 is 1.47 bits per heavy atom. The SMILES string of the molecule is O=C(Cn1nc(-c2ccncc2)ccc1=O)Nc1ccc(Nc2ccccc2)cc1. The minimum atomic E-state index is -0.342. The van der Waals surface area contributed by atoms with Gasteiger partial charge in [-0.2, -0.15) is 5.10 Å². The monoisotopic (exact) mass is 397 g/mol. The molecule has 30 heavy (non-hydrogen) atoms. The van der Waals surface area contributed by atoms with Crippen molar-refractivity contribution < 1.29 is 4.79 Å². The van der Waals surface area contributed by atoms with Gasteiger partial charge in [0.15, 0.2) is 0 Å². The van der Waals surface area contributed by atoms with Gasteiger partial charge in [-0.25, -0.2) is 4.68 Å². The number of rotatable bonds is 6. The minimum Gasteiger partial charge on any atom is -0.356 e. The summed E-state index contributed by atoms with van der Waals surface area (Å²) in [6.45, 7) is -0.179. The number of nitrogens with zero attached hydrogens (tertiary/aromatic N) is 3. The summed E-state index contributed by atoms with van der Waals surface area (Å²) in [6, 6.07) is 23.8. The van der Waals surface area contributed by atoms with Gasteiger partial charge < -0.3 is 10.6 Å². The Labute approximate surface area is 173 Å². The number of benzene rings is 2. The molecule has 0 spiro atoms. The molecule has 0 fully saturated rings. The lowest BCUT2D eigenvalue weighted by molar-refractivity contribution is -0.117. The summed E-state index contributed by atoms with van der Waals surface area (Å²) in [6.07, 6.45) is 3.30. The van der Waals surface area contributed by atoms with Crippen LogP contribution in [0.25, 0.3) is 11.3 Å². The number of hydrogen-bond acceptors (Lipinski definition) is 5. The zero-order valence-corrected chi connectivity index (χ0v) is 16.0. The van der Waals surface area contributed by atoms with Gasteiger partial charge in [-0.1, -0.05) is 18.2 Å². The van der Waals surface area contributed by atoms with Crippen LogP contribution in [0.4, 0.5) is 17.1 Å². The van der Waals surface area contributed by atoms with Crippen molar-refractivity contribution in [3.63, 3.8) is 0 Å². The van der Waals surface area contributed by atoms with Gasteiger partial charge in [0.05, 0.1) is 5.69 Å². The molecular formula is C23H19N5O2. The van der Waals surface area contributed by atoms with Crippen molar-refractivity contribution in [2.45, 2.75) is 6.54 Å². The van der Waals surface area contributed by atoms with Crippen molar-refractivity contribution in [2.24, 2.45) is 0 Å². The molecule has 0 saturated heterocycles. The fourth-order valence-electron chi connectivity index (χ4n) is 2.90. The molecule has 0 aliphatic heterocycles. The molecule has 7 heteroatoms. The maximum Gasteiger partial charge on any atom is 0.267 e. The highest BCUT2D eigenvalue weighted by Crippen LogP contribution is 2.18. The van der Waals surface area contributed by atoms with Crippen LogP contribution < -0.4 is 16.2 Å². The second-order valence-electron chi connectivity index (χ2n) is 6.57. The standard InChI is InChI=1S/C23H19N5O2/c29-22(16-28-23(30)11-10-21(27-28)17-12-14-24-15-13-17)26-20-8-6-19(7-9-20)25-18-4-2-1-3-5-18/h1-15,25H,16H2,(H,26,29). The molecule has 148 valence electrons. The van der Waals surface area contributed by atoms with E-state index in [9.17, 15) is 9.59 Å². The number of carbonyl (C=O) groups excluding carboxylic acids is 1. The Morgan fingerprint density at radius 1 is 0.800 bits per heavy atom. The molecule has 0 unspecified atom stereocenters. The summed E-state index contributed by atoms with van der Waals surface area (Å²) < 4.78 is 1.15. The fraction of sp³-hybridized carbons (Fsp3) is 0.0435. The molecule has 0 aliphatic carbocycles. The highest BCUT2D eigenvalue weighted by Gasteiger charge is 2.08. The van der Waals surface area contributed by atoms with Crippen LogP contribution in [0, 0.1) is 0 Å². The van der Waals surface area contributed by atoms with E-state index in [1.165, 1.54) is 6.07 Å². The molecule has 0 atom stereocenters. The van der Waals surface area contributed by atoms with E-state index < -0.39 is 0 Å². The average molecular weight is 397 g/mol. The summed E-state index contributed by atoms with van der Waals surface area (Å²) in [5.41, 5.74) is 3.60. The number of hydrogen-bond donors (Lipinski definition) is 2. The number of para-hydroxylation sites is 1. The van der Waals surface area contributed by atoms with Gasteiger partial charge in [0.1, 0.15) is 6.54 Å². The summed E-state index contributed by atoms with van der Waals surface area (Å²) in [7, 11) is 0. The molecule has 0 bridgehead atoms. The highest BCUT2D eigenvalue weighted by atomic mass is 16.2. The summed E-state index contributed by atoms with van der Waals surface area (Å²) in [5.74, 6) is -0.333. The van der Waals surface area contributed by atoms with Crippen molar-refractivity contribution >= 4 is 23.0 Å². The average Bonchev–Trinajstić information content (AvgIpc) is 2.78. The van der Waals surface area contributed by atoms with Crippen LogP contribution in [0.5, 0.6) is 0 Å². The number of anilines is 3. The van der Waals surface area contributed by atoms with E-state index in [2.05, 4.69) is 20.7 Å². The third kappa shape index (κ3) is 4.77. The number of amides is 1. The molecule has 0 saturated carbocycles. The molecule has 4 rings (SSSR count). The van der Waals surface area contributed by atoms with Gasteiger partial charge in [-0.05, 0) is 54.6 Å². The third-order valence-corrected chi connectivity index (χ3v) is 4.37. The van der Waals surface area contributed by atoms with E-state index in [-0.39, 0.29) is 18.0 Å². The van der Waals surface area contributed by atoms with Crippen molar-refractivity contribution in [3.8, 4) is 11.3 Å². The number of pyridine rings is 1. The molecule has 0 radical (unpaired) electrons. The van der Waals surface area contributed by atoms with Crippen LogP contribution in [-0.2, 0) is 11.3 Å². The molecule has 2 N–H and O–H groups in total. The van der Waals surface area contributed by atoms with E-state index in [0.717, 1.165) is 21.6 Å².